The summed E-state index contributed by atoms with van der Waals surface area (Å²) >= 11 is 1.42. The molecule has 3 rings (SSSR count). The Morgan fingerprint density at radius 3 is 2.33 bits per heavy atom. The molecular formula is C20H26N4O2S. The van der Waals surface area contributed by atoms with Gasteiger partial charge in [-0.1, -0.05) is 12.1 Å². The fourth-order valence-corrected chi connectivity index (χ4v) is 4.23. The Morgan fingerprint density at radius 1 is 1.15 bits per heavy atom. The highest BCUT2D eigenvalue weighted by atomic mass is 32.2. The van der Waals surface area contributed by atoms with E-state index in [2.05, 4.69) is 40.8 Å². The number of piperazine rings is 1. The lowest BCUT2D eigenvalue weighted by Gasteiger charge is -2.34. The van der Waals surface area contributed by atoms with Crippen molar-refractivity contribution in [1.82, 2.24) is 9.80 Å². The highest BCUT2D eigenvalue weighted by Crippen LogP contribution is 2.31. The molecule has 0 spiro atoms. The minimum absolute atomic E-state index is 0.0977. The molecule has 0 saturated carbocycles. The minimum Gasteiger partial charge on any atom is -0.372 e. The molecule has 6 nitrogen and oxygen atoms in total. The second kappa shape index (κ2) is 8.61. The van der Waals surface area contributed by atoms with Gasteiger partial charge in [-0.2, -0.15) is 4.99 Å². The third-order valence-electron chi connectivity index (χ3n) is 4.92. The molecule has 0 aromatic heterocycles. The van der Waals surface area contributed by atoms with Gasteiger partial charge in [-0.25, -0.2) is 0 Å². The Kier molecular flexibility index (Phi) is 6.21. The predicted octanol–water partition coefficient (Wildman–Crippen LogP) is 2.67. The number of anilines is 1. The minimum atomic E-state index is -0.184. The quantitative estimate of drug-likeness (QED) is 0.745. The number of rotatable bonds is 4. The number of benzene rings is 1. The van der Waals surface area contributed by atoms with Gasteiger partial charge in [-0.15, -0.1) is 0 Å². The maximum atomic E-state index is 12.3. The van der Waals surface area contributed by atoms with Crippen LogP contribution in [0.15, 0.2) is 34.2 Å². The second-order valence-electron chi connectivity index (χ2n) is 6.57. The van der Waals surface area contributed by atoms with Crippen LogP contribution >= 0.6 is 11.8 Å². The number of aliphatic imine (C=N–C) groups is 1. The fourth-order valence-electron chi connectivity index (χ4n) is 3.27. The summed E-state index contributed by atoms with van der Waals surface area (Å²) in [4.78, 5) is 34.8. The summed E-state index contributed by atoms with van der Waals surface area (Å²) in [5.74, 6) is -0.0858. The first kappa shape index (κ1) is 19.5. The van der Waals surface area contributed by atoms with E-state index < -0.39 is 0 Å². The van der Waals surface area contributed by atoms with Crippen LogP contribution in [-0.2, 0) is 9.59 Å². The summed E-state index contributed by atoms with van der Waals surface area (Å²) in [5.41, 5.74) is 2.19. The number of carbonyl (C=O) groups is 2. The molecule has 1 fully saturated rings. The molecule has 0 unspecified atom stereocenters. The fraction of sp³-hybridized carbons (Fsp3) is 0.450. The first-order valence-electron chi connectivity index (χ1n) is 9.39. The van der Waals surface area contributed by atoms with Crippen LogP contribution in [0.25, 0.3) is 6.08 Å². The van der Waals surface area contributed by atoms with Gasteiger partial charge in [0.1, 0.15) is 0 Å². The van der Waals surface area contributed by atoms with Crippen LogP contribution in [0.3, 0.4) is 0 Å². The Morgan fingerprint density at radius 2 is 1.78 bits per heavy atom. The van der Waals surface area contributed by atoms with E-state index in [0.29, 0.717) is 31.1 Å². The summed E-state index contributed by atoms with van der Waals surface area (Å²) in [6.07, 6.45) is 1.90. The first-order valence-corrected chi connectivity index (χ1v) is 10.2. The Balaban J connectivity index is 1.64. The number of hydrogen-bond acceptors (Lipinski definition) is 5. The lowest BCUT2D eigenvalue weighted by atomic mass is 10.2. The molecule has 0 atom stereocenters. The zero-order valence-electron chi connectivity index (χ0n) is 16.1. The normalized spacial score (nSPS) is 18.9. The third kappa shape index (κ3) is 4.53. The molecule has 2 aliphatic heterocycles. The van der Waals surface area contributed by atoms with E-state index in [-0.39, 0.29) is 11.8 Å². The van der Waals surface area contributed by atoms with Crippen molar-refractivity contribution in [2.45, 2.75) is 20.8 Å². The number of hydrogen-bond donors (Lipinski definition) is 0. The molecule has 27 heavy (non-hydrogen) atoms. The van der Waals surface area contributed by atoms with Crippen molar-refractivity contribution < 1.29 is 9.59 Å². The highest BCUT2D eigenvalue weighted by Gasteiger charge is 2.28. The van der Waals surface area contributed by atoms with Gasteiger partial charge in [0.15, 0.2) is 5.17 Å². The van der Waals surface area contributed by atoms with E-state index >= 15 is 0 Å². The van der Waals surface area contributed by atoms with Gasteiger partial charge in [0.25, 0.3) is 5.91 Å². The van der Waals surface area contributed by atoms with Crippen molar-refractivity contribution in [3.05, 3.63) is 34.7 Å². The van der Waals surface area contributed by atoms with Crippen molar-refractivity contribution >= 4 is 40.5 Å². The summed E-state index contributed by atoms with van der Waals surface area (Å²) in [5, 5.41) is 0.745. The molecule has 2 aliphatic rings. The topological polar surface area (TPSA) is 56.2 Å². The first-order chi connectivity index (χ1) is 13.0. The molecule has 0 aliphatic carbocycles. The zero-order valence-corrected chi connectivity index (χ0v) is 17.0. The number of nitrogens with zero attached hydrogens (tertiary/aromatic N) is 4. The molecule has 1 aromatic rings. The van der Waals surface area contributed by atoms with E-state index in [1.165, 1.54) is 17.4 Å². The van der Waals surface area contributed by atoms with E-state index in [9.17, 15) is 9.59 Å². The molecule has 144 valence electrons. The van der Waals surface area contributed by atoms with Crippen LogP contribution in [0, 0.1) is 0 Å². The van der Waals surface area contributed by atoms with Crippen LogP contribution in [0.1, 0.15) is 26.3 Å². The molecule has 0 bridgehead atoms. The number of amidine groups is 1. The second-order valence-corrected chi connectivity index (χ2v) is 7.58. The van der Waals surface area contributed by atoms with E-state index in [0.717, 1.165) is 23.8 Å². The van der Waals surface area contributed by atoms with Gasteiger partial charge in [-0.05, 0) is 49.4 Å². The Hall–Kier alpha value is -2.28. The van der Waals surface area contributed by atoms with Gasteiger partial charge in [0.05, 0.1) is 4.91 Å². The summed E-state index contributed by atoms with van der Waals surface area (Å²) in [6, 6.07) is 8.26. The largest absolute Gasteiger partial charge is 0.372 e. The van der Waals surface area contributed by atoms with E-state index in [1.807, 2.05) is 23.1 Å². The summed E-state index contributed by atoms with van der Waals surface area (Å²) in [6.45, 7) is 10.6. The van der Waals surface area contributed by atoms with Gasteiger partial charge >= 0.3 is 0 Å². The van der Waals surface area contributed by atoms with Crippen molar-refractivity contribution in [3.8, 4) is 0 Å². The van der Waals surface area contributed by atoms with Crippen LogP contribution in [0.4, 0.5) is 5.69 Å². The van der Waals surface area contributed by atoms with E-state index in [1.54, 1.807) is 6.92 Å². The number of amides is 2. The van der Waals surface area contributed by atoms with Gasteiger partial charge in [0, 0.05) is 51.9 Å². The summed E-state index contributed by atoms with van der Waals surface area (Å²) < 4.78 is 0. The average Bonchev–Trinajstić information content (AvgIpc) is 3.04. The molecule has 0 N–H and O–H groups in total. The van der Waals surface area contributed by atoms with Crippen molar-refractivity contribution in [3.63, 3.8) is 0 Å². The zero-order chi connectivity index (χ0) is 19.4. The highest BCUT2D eigenvalue weighted by molar-refractivity contribution is 8.18. The average molecular weight is 387 g/mol. The predicted molar refractivity (Wildman–Crippen MR) is 112 cm³/mol. The van der Waals surface area contributed by atoms with Crippen molar-refractivity contribution in [2.24, 2.45) is 4.99 Å². The third-order valence-corrected chi connectivity index (χ3v) is 5.97. The van der Waals surface area contributed by atoms with Crippen LogP contribution in [0.5, 0.6) is 0 Å². The molecular weight excluding hydrogens is 360 g/mol. The molecule has 2 heterocycles. The smallest absolute Gasteiger partial charge is 0.286 e. The number of carbonyl (C=O) groups excluding carboxylic acids is 2. The lowest BCUT2D eigenvalue weighted by Crippen LogP contribution is -2.49. The molecule has 1 saturated heterocycles. The van der Waals surface area contributed by atoms with Crippen LogP contribution in [0.2, 0.25) is 0 Å². The summed E-state index contributed by atoms with van der Waals surface area (Å²) in [7, 11) is 0. The monoisotopic (exact) mass is 386 g/mol. The van der Waals surface area contributed by atoms with Gasteiger partial charge in [-0.3, -0.25) is 9.59 Å². The SMILES string of the molecule is CCN(CC)c1ccc(C=C2SC(N3CCN(C(C)=O)CC3)=NC2=O)cc1. The molecule has 7 heteroatoms. The van der Waals surface area contributed by atoms with Gasteiger partial charge < -0.3 is 14.7 Å². The molecule has 0 radical (unpaired) electrons. The van der Waals surface area contributed by atoms with E-state index in [4.69, 9.17) is 0 Å². The number of thioether (sulfide) groups is 1. The molecule has 1 aromatic carbocycles. The van der Waals surface area contributed by atoms with Crippen molar-refractivity contribution in [2.75, 3.05) is 44.2 Å². The van der Waals surface area contributed by atoms with Crippen LogP contribution in [-0.4, -0.2) is 66.1 Å². The lowest BCUT2D eigenvalue weighted by molar-refractivity contribution is -0.130. The van der Waals surface area contributed by atoms with Crippen molar-refractivity contribution in [1.29, 1.82) is 0 Å². The maximum absolute atomic E-state index is 12.3. The van der Waals surface area contributed by atoms with Crippen LogP contribution < -0.4 is 4.90 Å². The maximum Gasteiger partial charge on any atom is 0.286 e. The molecule has 2 amide bonds. The van der Waals surface area contributed by atoms with Gasteiger partial charge in [0.2, 0.25) is 5.91 Å². The Bertz CT molecular complexity index is 761. The Labute approximate surface area is 164 Å². The standard InChI is InChI=1S/C20H26N4O2S/c1-4-22(5-2)17-8-6-16(7-9-17)14-18-19(26)21-20(27-18)24-12-10-23(11-13-24)15(3)25/h6-9,14H,4-5,10-13H2,1-3H3.